The molecule has 3 rings (SSSR count). The summed E-state index contributed by atoms with van der Waals surface area (Å²) in [6.07, 6.45) is 2.34. The van der Waals surface area contributed by atoms with E-state index in [1.165, 1.54) is 21.7 Å². The fraction of sp³-hybridized carbons (Fsp3) is 0.143. The molecule has 1 aromatic heterocycles. The summed E-state index contributed by atoms with van der Waals surface area (Å²) in [5.74, 6) is -0.377. The fourth-order valence-corrected chi connectivity index (χ4v) is 4.96. The van der Waals surface area contributed by atoms with Gasteiger partial charge in [-0.05, 0) is 0 Å². The van der Waals surface area contributed by atoms with Gasteiger partial charge in [0.15, 0.2) is 0 Å². The maximum absolute atomic E-state index is 13.5. The molecular weight excluding hydrogens is 394 g/mol. The Hall–Kier alpha value is -2.49. The number of nitrogens with one attached hydrogen (secondary N) is 1. The second-order valence-electron chi connectivity index (χ2n) is 5.83. The second kappa shape index (κ2) is 8.74. The molecule has 0 radical (unpaired) electrons. The van der Waals surface area contributed by atoms with Crippen LogP contribution >= 0.6 is 0 Å². The Labute approximate surface area is 158 Å². The maximum atomic E-state index is 13.5. The molecular formula is C21H19FN2OSe. The molecule has 3 aromatic rings. The summed E-state index contributed by atoms with van der Waals surface area (Å²) in [4.78, 5) is 16.2. The molecule has 0 fully saturated rings. The molecule has 3 nitrogen and oxygen atoms in total. The first-order valence-corrected chi connectivity index (χ1v) is 10.1. The van der Waals surface area contributed by atoms with Crippen LogP contribution in [0, 0.1) is 12.7 Å². The van der Waals surface area contributed by atoms with Gasteiger partial charge in [-0.1, -0.05) is 0 Å². The van der Waals surface area contributed by atoms with Crippen LogP contribution in [0.2, 0.25) is 0 Å². The van der Waals surface area contributed by atoms with Gasteiger partial charge in [0.05, 0.1) is 0 Å². The third-order valence-electron chi connectivity index (χ3n) is 3.95. The van der Waals surface area contributed by atoms with E-state index in [1.54, 1.807) is 36.5 Å². The number of amides is 1. The Balaban J connectivity index is 1.68. The molecule has 0 bridgehead atoms. The van der Waals surface area contributed by atoms with Crippen molar-refractivity contribution in [3.8, 4) is 0 Å². The first kappa shape index (κ1) is 18.3. The Bertz CT molecular complexity index is 900. The standard InChI is InChI=1S/C21H19FN2OSe/c1-15-6-4-10-20(26-17-8-5-7-16(22)14-17)18(15)11-13-24-21(25)19-9-2-3-12-23-19/h2-10,12,14H,11,13H2,1H3,(H,24,25). The summed E-state index contributed by atoms with van der Waals surface area (Å²) in [6.45, 7) is 2.60. The molecule has 0 atom stereocenters. The van der Waals surface area contributed by atoms with Crippen molar-refractivity contribution in [3.63, 3.8) is 0 Å². The van der Waals surface area contributed by atoms with Gasteiger partial charge in [-0.15, -0.1) is 0 Å². The molecule has 0 unspecified atom stereocenters. The molecule has 0 aliphatic heterocycles. The predicted octanol–water partition coefficient (Wildman–Crippen LogP) is 2.16. The minimum atomic E-state index is -0.207. The van der Waals surface area contributed by atoms with Crippen LogP contribution in [0.3, 0.4) is 0 Å². The number of aryl methyl sites for hydroxylation is 1. The van der Waals surface area contributed by atoms with E-state index in [4.69, 9.17) is 0 Å². The van der Waals surface area contributed by atoms with E-state index in [0.717, 1.165) is 10.9 Å². The Morgan fingerprint density at radius 3 is 2.73 bits per heavy atom. The zero-order chi connectivity index (χ0) is 18.4. The number of nitrogens with zero attached hydrogens (tertiary/aromatic N) is 1. The fourth-order valence-electron chi connectivity index (χ4n) is 2.64. The van der Waals surface area contributed by atoms with Crippen molar-refractivity contribution in [1.29, 1.82) is 0 Å². The van der Waals surface area contributed by atoms with Crippen molar-refractivity contribution in [2.75, 3.05) is 6.54 Å². The molecule has 1 N–H and O–H groups in total. The number of hydrogen-bond acceptors (Lipinski definition) is 2. The quantitative estimate of drug-likeness (QED) is 0.630. The van der Waals surface area contributed by atoms with Gasteiger partial charge in [-0.3, -0.25) is 0 Å². The van der Waals surface area contributed by atoms with E-state index in [0.29, 0.717) is 12.2 Å². The van der Waals surface area contributed by atoms with E-state index in [-0.39, 0.29) is 26.7 Å². The zero-order valence-electron chi connectivity index (χ0n) is 14.4. The number of rotatable bonds is 6. The SMILES string of the molecule is Cc1cccc([Se]c2cccc(F)c2)c1CCNC(=O)c1ccccn1. The second-order valence-corrected chi connectivity index (χ2v) is 8.17. The molecule has 1 amide bonds. The van der Waals surface area contributed by atoms with Gasteiger partial charge in [-0.25, -0.2) is 0 Å². The minimum absolute atomic E-state index is 0.0223. The van der Waals surface area contributed by atoms with Gasteiger partial charge in [0.25, 0.3) is 0 Å². The van der Waals surface area contributed by atoms with Gasteiger partial charge in [-0.2, -0.15) is 0 Å². The average molecular weight is 413 g/mol. The third-order valence-corrected chi connectivity index (χ3v) is 6.24. The van der Waals surface area contributed by atoms with Crippen molar-refractivity contribution in [1.82, 2.24) is 10.3 Å². The van der Waals surface area contributed by atoms with Crippen molar-refractivity contribution < 1.29 is 9.18 Å². The van der Waals surface area contributed by atoms with Crippen molar-refractivity contribution in [3.05, 3.63) is 89.5 Å². The van der Waals surface area contributed by atoms with Crippen molar-refractivity contribution in [2.24, 2.45) is 0 Å². The van der Waals surface area contributed by atoms with Crippen LogP contribution in [0.25, 0.3) is 0 Å². The molecule has 26 heavy (non-hydrogen) atoms. The van der Waals surface area contributed by atoms with Crippen LogP contribution in [0.4, 0.5) is 4.39 Å². The first-order valence-electron chi connectivity index (χ1n) is 8.34. The normalized spacial score (nSPS) is 10.5. The molecule has 0 aliphatic rings. The molecule has 132 valence electrons. The molecule has 2 aromatic carbocycles. The summed E-state index contributed by atoms with van der Waals surface area (Å²) in [5.41, 5.74) is 2.83. The van der Waals surface area contributed by atoms with Crippen LogP contribution < -0.4 is 14.2 Å². The third kappa shape index (κ3) is 4.78. The molecule has 0 saturated heterocycles. The van der Waals surface area contributed by atoms with E-state index >= 15 is 0 Å². The van der Waals surface area contributed by atoms with Gasteiger partial charge < -0.3 is 0 Å². The Morgan fingerprint density at radius 1 is 1.12 bits per heavy atom. The Kier molecular flexibility index (Phi) is 6.16. The predicted molar refractivity (Wildman–Crippen MR) is 103 cm³/mol. The number of hydrogen-bond donors (Lipinski definition) is 1. The molecule has 0 spiro atoms. The van der Waals surface area contributed by atoms with E-state index in [2.05, 4.69) is 29.4 Å². The van der Waals surface area contributed by atoms with E-state index in [9.17, 15) is 9.18 Å². The number of pyridine rings is 1. The first-order chi connectivity index (χ1) is 12.6. The molecule has 0 saturated carbocycles. The molecule has 1 heterocycles. The topological polar surface area (TPSA) is 42.0 Å². The number of carbonyl (C=O) groups excluding carboxylic acids is 1. The van der Waals surface area contributed by atoms with Crippen LogP contribution in [-0.4, -0.2) is 32.4 Å². The van der Waals surface area contributed by atoms with Crippen LogP contribution in [-0.2, 0) is 6.42 Å². The van der Waals surface area contributed by atoms with Crippen LogP contribution in [0.5, 0.6) is 0 Å². The van der Waals surface area contributed by atoms with E-state index in [1.807, 2.05) is 12.1 Å². The Morgan fingerprint density at radius 2 is 1.96 bits per heavy atom. The summed E-state index contributed by atoms with van der Waals surface area (Å²) >= 11 is 0.0223. The molecule has 5 heteroatoms. The monoisotopic (exact) mass is 414 g/mol. The number of carbonyl (C=O) groups is 1. The zero-order valence-corrected chi connectivity index (χ0v) is 16.1. The summed E-state index contributed by atoms with van der Waals surface area (Å²) < 4.78 is 15.7. The summed E-state index contributed by atoms with van der Waals surface area (Å²) in [5, 5.41) is 2.92. The summed E-state index contributed by atoms with van der Waals surface area (Å²) in [7, 11) is 0. The van der Waals surface area contributed by atoms with Gasteiger partial charge in [0.1, 0.15) is 0 Å². The average Bonchev–Trinajstić information content (AvgIpc) is 2.64. The van der Waals surface area contributed by atoms with Crippen LogP contribution in [0.1, 0.15) is 21.6 Å². The van der Waals surface area contributed by atoms with Crippen molar-refractivity contribution in [2.45, 2.75) is 13.3 Å². The summed E-state index contributed by atoms with van der Waals surface area (Å²) in [6, 6.07) is 18.2. The van der Waals surface area contributed by atoms with Gasteiger partial charge in [0.2, 0.25) is 0 Å². The van der Waals surface area contributed by atoms with Crippen molar-refractivity contribution >= 4 is 29.8 Å². The number of aromatic nitrogens is 1. The van der Waals surface area contributed by atoms with Gasteiger partial charge in [0, 0.05) is 0 Å². The van der Waals surface area contributed by atoms with Crippen LogP contribution in [0.15, 0.2) is 66.9 Å². The molecule has 0 aliphatic carbocycles. The number of benzene rings is 2. The number of halogens is 1. The van der Waals surface area contributed by atoms with E-state index < -0.39 is 0 Å². The van der Waals surface area contributed by atoms with Gasteiger partial charge >= 0.3 is 159 Å².